The van der Waals surface area contributed by atoms with E-state index < -0.39 is 19.3 Å². The number of fused-ring (bicyclic) bond motifs is 1. The van der Waals surface area contributed by atoms with Crippen LogP contribution in [0.1, 0.15) is 19.4 Å². The van der Waals surface area contributed by atoms with Gasteiger partial charge in [-0.2, -0.15) is 0 Å². The molecule has 4 rings (SSSR count). The first kappa shape index (κ1) is 22.8. The molecule has 1 amide bonds. The van der Waals surface area contributed by atoms with Crippen molar-refractivity contribution in [3.05, 3.63) is 103 Å². The summed E-state index contributed by atoms with van der Waals surface area (Å²) in [5, 5.41) is 6.90. The van der Waals surface area contributed by atoms with Crippen molar-refractivity contribution < 1.29 is 9.59 Å². The van der Waals surface area contributed by atoms with Gasteiger partial charge < -0.3 is 15.8 Å². The number of hydrogen-bond donors (Lipinski definition) is 3. The van der Waals surface area contributed by atoms with Crippen LogP contribution >= 0.6 is 0 Å². The lowest BCUT2D eigenvalue weighted by Crippen LogP contribution is -2.65. The van der Waals surface area contributed by atoms with Gasteiger partial charge in [-0.3, -0.25) is 4.79 Å². The predicted octanol–water partition coefficient (Wildman–Crippen LogP) is 3.81. The lowest BCUT2D eigenvalue weighted by Gasteiger charge is -2.41. The minimum atomic E-state index is -3.12. The molecule has 4 nitrogen and oxygen atoms in total. The zero-order chi connectivity index (χ0) is 23.5. The van der Waals surface area contributed by atoms with Crippen LogP contribution in [0.25, 0.3) is 10.8 Å². The first-order valence-electron chi connectivity index (χ1n) is 11.2. The van der Waals surface area contributed by atoms with E-state index in [1.807, 2.05) is 60.7 Å². The largest absolute Gasteiger partial charge is 0.424 e. The van der Waals surface area contributed by atoms with E-state index in [9.17, 15) is 9.59 Å². The summed E-state index contributed by atoms with van der Waals surface area (Å²) in [6.07, 6.45) is 0.704. The van der Waals surface area contributed by atoms with Crippen LogP contribution in [0.3, 0.4) is 0 Å². The molecule has 0 radical (unpaired) electrons. The maximum absolute atomic E-state index is 12.5. The van der Waals surface area contributed by atoms with Crippen molar-refractivity contribution in [2.75, 3.05) is 11.9 Å². The standard InChI is InChI=1S/C28H30N2O2Si/c1-28(2,33(32,22-12-5-3-6-13-22)23-14-7-4-8-15-23)19-21-11-9-17-25-24(21)16-10-18-26(25)30-20-27(29)31/h3-18,30,32H,19-20H2,1-2H3,(H2,29,31). The van der Waals surface area contributed by atoms with Crippen molar-refractivity contribution in [1.29, 1.82) is 0 Å². The van der Waals surface area contributed by atoms with Gasteiger partial charge in [0, 0.05) is 11.1 Å². The van der Waals surface area contributed by atoms with Crippen LogP contribution in [0.4, 0.5) is 5.69 Å². The van der Waals surface area contributed by atoms with E-state index in [2.05, 4.69) is 55.6 Å². The SMILES string of the molecule is CC(C)(Cc1cccc2c(NCC(N)=O)cccc12)[Si](O)(c1ccccc1)c1ccccc1. The number of anilines is 1. The average Bonchev–Trinajstić information content (AvgIpc) is 2.83. The minimum absolute atomic E-state index is 0.0868. The number of nitrogens with one attached hydrogen (secondary N) is 1. The maximum atomic E-state index is 12.5. The molecule has 0 spiro atoms. The van der Waals surface area contributed by atoms with Crippen molar-refractivity contribution in [2.24, 2.45) is 5.73 Å². The van der Waals surface area contributed by atoms with Crippen LogP contribution in [-0.4, -0.2) is 25.6 Å². The van der Waals surface area contributed by atoms with Gasteiger partial charge in [0.25, 0.3) is 8.32 Å². The molecular formula is C28H30N2O2Si. The van der Waals surface area contributed by atoms with Crippen molar-refractivity contribution in [1.82, 2.24) is 0 Å². The summed E-state index contributed by atoms with van der Waals surface area (Å²) in [5.74, 6) is -0.397. The van der Waals surface area contributed by atoms with Crippen molar-refractivity contribution in [2.45, 2.75) is 25.3 Å². The van der Waals surface area contributed by atoms with E-state index >= 15 is 0 Å². The molecule has 0 atom stereocenters. The molecule has 4 aromatic rings. The third kappa shape index (κ3) is 4.42. The Morgan fingerprint density at radius 2 is 1.36 bits per heavy atom. The Morgan fingerprint density at radius 1 is 0.818 bits per heavy atom. The molecule has 4 N–H and O–H groups in total. The monoisotopic (exact) mass is 454 g/mol. The number of carbonyl (C=O) groups excluding carboxylic acids is 1. The van der Waals surface area contributed by atoms with E-state index in [-0.39, 0.29) is 6.54 Å². The molecule has 0 heterocycles. The number of hydrogen-bond acceptors (Lipinski definition) is 3. The number of primary amides is 1. The fraction of sp³-hybridized carbons (Fsp3) is 0.179. The number of nitrogens with two attached hydrogens (primary N) is 1. The molecule has 0 aliphatic heterocycles. The Hall–Kier alpha value is -3.41. The Bertz CT molecular complexity index is 1220. The lowest BCUT2D eigenvalue weighted by molar-refractivity contribution is -0.116. The molecule has 0 fully saturated rings. The highest BCUT2D eigenvalue weighted by Crippen LogP contribution is 2.40. The second-order valence-electron chi connectivity index (χ2n) is 9.14. The smallest absolute Gasteiger partial charge is 0.258 e. The number of rotatable bonds is 8. The van der Waals surface area contributed by atoms with Gasteiger partial charge in [-0.05, 0) is 38.8 Å². The van der Waals surface area contributed by atoms with E-state index in [0.717, 1.165) is 32.4 Å². The summed E-state index contributed by atoms with van der Waals surface area (Å²) >= 11 is 0. The fourth-order valence-corrected chi connectivity index (χ4v) is 8.47. The molecule has 168 valence electrons. The van der Waals surface area contributed by atoms with Crippen molar-refractivity contribution in [3.8, 4) is 0 Å². The number of amides is 1. The molecule has 0 aliphatic rings. The first-order chi connectivity index (χ1) is 15.8. The Labute approximate surface area is 196 Å². The van der Waals surface area contributed by atoms with E-state index in [0.29, 0.717) is 6.42 Å². The lowest BCUT2D eigenvalue weighted by atomic mass is 9.95. The van der Waals surface area contributed by atoms with Gasteiger partial charge in [0.15, 0.2) is 0 Å². The van der Waals surface area contributed by atoms with Crippen LogP contribution in [0.2, 0.25) is 5.04 Å². The summed E-state index contributed by atoms with van der Waals surface area (Å²) in [5.41, 5.74) is 7.38. The Morgan fingerprint density at radius 3 is 1.94 bits per heavy atom. The summed E-state index contributed by atoms with van der Waals surface area (Å²) in [4.78, 5) is 23.8. The Kier molecular flexibility index (Phi) is 6.36. The summed E-state index contributed by atoms with van der Waals surface area (Å²) in [6, 6.07) is 32.4. The van der Waals surface area contributed by atoms with Crippen LogP contribution in [0.15, 0.2) is 97.1 Å². The first-order valence-corrected chi connectivity index (χ1v) is 13.1. The van der Waals surface area contributed by atoms with E-state index in [1.165, 1.54) is 0 Å². The predicted molar refractivity (Wildman–Crippen MR) is 140 cm³/mol. The molecule has 0 bridgehead atoms. The quantitative estimate of drug-likeness (QED) is 0.354. The summed E-state index contributed by atoms with van der Waals surface area (Å²) < 4.78 is 0. The van der Waals surface area contributed by atoms with Gasteiger partial charge >= 0.3 is 0 Å². The molecule has 0 saturated heterocycles. The summed E-state index contributed by atoms with van der Waals surface area (Å²) in [7, 11) is -3.12. The highest BCUT2D eigenvalue weighted by Gasteiger charge is 2.49. The molecular weight excluding hydrogens is 424 g/mol. The van der Waals surface area contributed by atoms with Gasteiger partial charge in [-0.25, -0.2) is 0 Å². The highest BCUT2D eigenvalue weighted by atomic mass is 28.4. The zero-order valence-electron chi connectivity index (χ0n) is 19.1. The van der Waals surface area contributed by atoms with Gasteiger partial charge in [0.05, 0.1) is 6.54 Å². The van der Waals surface area contributed by atoms with Crippen LogP contribution in [-0.2, 0) is 11.2 Å². The number of benzene rings is 4. The second kappa shape index (κ2) is 9.22. The average molecular weight is 455 g/mol. The fourth-order valence-electron chi connectivity index (χ4n) is 4.78. The molecule has 5 heteroatoms. The summed E-state index contributed by atoms with van der Waals surface area (Å²) in [6.45, 7) is 4.43. The third-order valence-corrected chi connectivity index (χ3v) is 10.9. The topological polar surface area (TPSA) is 75.3 Å². The van der Waals surface area contributed by atoms with E-state index in [4.69, 9.17) is 5.73 Å². The normalized spacial score (nSPS) is 12.0. The van der Waals surface area contributed by atoms with Crippen LogP contribution in [0.5, 0.6) is 0 Å². The van der Waals surface area contributed by atoms with Gasteiger partial charge in [0.1, 0.15) is 0 Å². The van der Waals surface area contributed by atoms with E-state index in [1.54, 1.807) is 0 Å². The second-order valence-corrected chi connectivity index (χ2v) is 13.1. The number of carbonyl (C=O) groups is 1. The zero-order valence-corrected chi connectivity index (χ0v) is 20.1. The van der Waals surface area contributed by atoms with Crippen molar-refractivity contribution in [3.63, 3.8) is 0 Å². The molecule has 4 aromatic carbocycles. The molecule has 0 unspecified atom stereocenters. The third-order valence-electron chi connectivity index (χ3n) is 6.46. The molecule has 0 aromatic heterocycles. The van der Waals surface area contributed by atoms with Gasteiger partial charge in [-0.15, -0.1) is 0 Å². The molecule has 0 saturated carbocycles. The van der Waals surface area contributed by atoms with Crippen LogP contribution in [0, 0.1) is 0 Å². The molecule has 0 aliphatic carbocycles. The minimum Gasteiger partial charge on any atom is -0.424 e. The Balaban J connectivity index is 1.80. The van der Waals surface area contributed by atoms with Crippen LogP contribution < -0.4 is 21.4 Å². The highest BCUT2D eigenvalue weighted by molar-refractivity contribution is 6.98. The molecule has 33 heavy (non-hydrogen) atoms. The van der Waals surface area contributed by atoms with Gasteiger partial charge in [0.2, 0.25) is 5.91 Å². The maximum Gasteiger partial charge on any atom is 0.258 e. The van der Waals surface area contributed by atoms with Crippen molar-refractivity contribution >= 4 is 41.1 Å². The van der Waals surface area contributed by atoms with Gasteiger partial charge in [-0.1, -0.05) is 105 Å².